The van der Waals surface area contributed by atoms with Crippen LogP contribution in [-0.4, -0.2) is 73.4 Å². The molecule has 18 heavy (non-hydrogen) atoms. The van der Waals surface area contributed by atoms with Crippen LogP contribution in [0.25, 0.3) is 0 Å². The average molecular weight is 257 g/mol. The van der Waals surface area contributed by atoms with Gasteiger partial charge in [0.15, 0.2) is 5.54 Å². The second kappa shape index (κ2) is 5.64. The maximum absolute atomic E-state index is 11.9. The number of carbonyl (C=O) groups is 2. The van der Waals surface area contributed by atoms with Gasteiger partial charge in [-0.1, -0.05) is 0 Å². The minimum absolute atomic E-state index is 0.0512. The Hall–Kier alpha value is -1.18. The van der Waals surface area contributed by atoms with Crippen LogP contribution >= 0.6 is 0 Å². The van der Waals surface area contributed by atoms with Crippen molar-refractivity contribution in [1.82, 2.24) is 15.5 Å². The van der Waals surface area contributed by atoms with E-state index in [0.29, 0.717) is 13.0 Å². The van der Waals surface area contributed by atoms with E-state index in [1.54, 1.807) is 0 Å². The molecule has 2 aliphatic rings. The van der Waals surface area contributed by atoms with E-state index >= 15 is 0 Å². The maximum atomic E-state index is 11.9. The zero-order valence-electron chi connectivity index (χ0n) is 10.3. The van der Waals surface area contributed by atoms with Gasteiger partial charge in [0.1, 0.15) is 0 Å². The van der Waals surface area contributed by atoms with Crippen LogP contribution in [0.4, 0.5) is 0 Å². The second-order valence-electron chi connectivity index (χ2n) is 4.76. The minimum atomic E-state index is -1.23. The number of hydrogen-bond acceptors (Lipinski definition) is 5. The van der Waals surface area contributed by atoms with Gasteiger partial charge in [0.05, 0.1) is 13.2 Å². The van der Waals surface area contributed by atoms with Gasteiger partial charge in [-0.2, -0.15) is 0 Å². The van der Waals surface area contributed by atoms with Gasteiger partial charge in [0, 0.05) is 39.2 Å². The summed E-state index contributed by atoms with van der Waals surface area (Å²) in [6, 6.07) is 0. The summed E-state index contributed by atoms with van der Waals surface area (Å²) in [6.45, 7) is 4.02. The Morgan fingerprint density at radius 2 is 2.11 bits per heavy atom. The first-order chi connectivity index (χ1) is 8.62. The quantitative estimate of drug-likeness (QED) is 0.553. The molecule has 0 saturated carbocycles. The van der Waals surface area contributed by atoms with E-state index in [9.17, 15) is 14.7 Å². The lowest BCUT2D eigenvalue weighted by molar-refractivity contribution is -0.147. The molecule has 0 spiro atoms. The van der Waals surface area contributed by atoms with Crippen LogP contribution < -0.4 is 10.6 Å². The van der Waals surface area contributed by atoms with E-state index in [-0.39, 0.29) is 19.1 Å². The highest BCUT2D eigenvalue weighted by Gasteiger charge is 2.43. The summed E-state index contributed by atoms with van der Waals surface area (Å²) in [5, 5.41) is 15.0. The van der Waals surface area contributed by atoms with E-state index < -0.39 is 11.5 Å². The number of carboxylic acids is 1. The Morgan fingerprint density at radius 3 is 2.67 bits per heavy atom. The number of rotatable bonds is 4. The van der Waals surface area contributed by atoms with Crippen LogP contribution in [0.2, 0.25) is 0 Å². The number of carboxylic acid groups (broad SMARTS) is 1. The zero-order chi connectivity index (χ0) is 13.0. The molecular weight excluding hydrogens is 238 g/mol. The van der Waals surface area contributed by atoms with Gasteiger partial charge in [-0.3, -0.25) is 9.69 Å². The number of amides is 1. The number of hydrogen-bond donors (Lipinski definition) is 3. The molecule has 0 aliphatic carbocycles. The molecule has 2 fully saturated rings. The monoisotopic (exact) mass is 257 g/mol. The Bertz CT molecular complexity index is 322. The molecule has 1 unspecified atom stereocenters. The van der Waals surface area contributed by atoms with Gasteiger partial charge >= 0.3 is 5.97 Å². The largest absolute Gasteiger partial charge is 0.479 e. The van der Waals surface area contributed by atoms with E-state index in [1.807, 2.05) is 4.90 Å². The predicted octanol–water partition coefficient (Wildman–Crippen LogP) is -1.75. The summed E-state index contributed by atoms with van der Waals surface area (Å²) in [5.41, 5.74) is -1.23. The molecule has 3 N–H and O–H groups in total. The summed E-state index contributed by atoms with van der Waals surface area (Å²) in [5.74, 6) is -1.27. The minimum Gasteiger partial charge on any atom is -0.479 e. The molecule has 0 aromatic heterocycles. The molecule has 102 valence electrons. The smallest absolute Gasteiger partial charge is 0.331 e. The normalized spacial score (nSPS) is 29.1. The molecule has 2 aliphatic heterocycles. The molecular formula is C11H19N3O4. The van der Waals surface area contributed by atoms with Gasteiger partial charge in [-0.25, -0.2) is 4.79 Å². The van der Waals surface area contributed by atoms with Crippen molar-refractivity contribution in [3.63, 3.8) is 0 Å². The van der Waals surface area contributed by atoms with Gasteiger partial charge in [-0.15, -0.1) is 0 Å². The van der Waals surface area contributed by atoms with Crippen LogP contribution in [0.5, 0.6) is 0 Å². The fourth-order valence-corrected chi connectivity index (χ4v) is 2.26. The fourth-order valence-electron chi connectivity index (χ4n) is 2.26. The Balaban J connectivity index is 1.87. The number of aliphatic carboxylic acids is 1. The standard InChI is InChI=1S/C11H19N3O4/c15-9(7-14-4-2-12-3-5-14)13-11(10(16)17)1-6-18-8-11/h12H,1-8H2,(H,13,15)(H,16,17). The van der Waals surface area contributed by atoms with Crippen LogP contribution in [0.15, 0.2) is 0 Å². The van der Waals surface area contributed by atoms with Crippen molar-refractivity contribution in [3.05, 3.63) is 0 Å². The molecule has 0 radical (unpaired) electrons. The average Bonchev–Trinajstić information content (AvgIpc) is 2.80. The van der Waals surface area contributed by atoms with E-state index in [4.69, 9.17) is 4.74 Å². The third kappa shape index (κ3) is 2.98. The van der Waals surface area contributed by atoms with Crippen LogP contribution in [0.1, 0.15) is 6.42 Å². The molecule has 0 aromatic carbocycles. The first-order valence-corrected chi connectivity index (χ1v) is 6.18. The lowest BCUT2D eigenvalue weighted by Crippen LogP contribution is -2.58. The molecule has 0 aromatic rings. The highest BCUT2D eigenvalue weighted by molar-refractivity contribution is 5.88. The molecule has 2 rings (SSSR count). The zero-order valence-corrected chi connectivity index (χ0v) is 10.3. The summed E-state index contributed by atoms with van der Waals surface area (Å²) >= 11 is 0. The van der Waals surface area contributed by atoms with Crippen molar-refractivity contribution in [2.45, 2.75) is 12.0 Å². The predicted molar refractivity (Wildman–Crippen MR) is 63.3 cm³/mol. The second-order valence-corrected chi connectivity index (χ2v) is 4.76. The number of nitrogens with zero attached hydrogens (tertiary/aromatic N) is 1. The van der Waals surface area contributed by atoms with E-state index in [2.05, 4.69) is 10.6 Å². The van der Waals surface area contributed by atoms with Crippen molar-refractivity contribution in [1.29, 1.82) is 0 Å². The molecule has 2 heterocycles. The summed E-state index contributed by atoms with van der Waals surface area (Å²) < 4.78 is 5.09. The first kappa shape index (κ1) is 13.3. The molecule has 2 saturated heterocycles. The van der Waals surface area contributed by atoms with Crippen LogP contribution in [0, 0.1) is 0 Å². The first-order valence-electron chi connectivity index (χ1n) is 6.18. The number of piperazine rings is 1. The van der Waals surface area contributed by atoms with Crippen LogP contribution in [0.3, 0.4) is 0 Å². The Morgan fingerprint density at radius 1 is 1.39 bits per heavy atom. The molecule has 0 bridgehead atoms. The fraction of sp³-hybridized carbons (Fsp3) is 0.818. The molecule has 1 atom stereocenters. The van der Waals surface area contributed by atoms with Crippen molar-refractivity contribution < 1.29 is 19.4 Å². The SMILES string of the molecule is O=C(CN1CCNCC1)NC1(C(=O)O)CCOC1. The number of nitrogens with one attached hydrogen (secondary N) is 2. The highest BCUT2D eigenvalue weighted by Crippen LogP contribution is 2.18. The summed E-state index contributed by atoms with van der Waals surface area (Å²) in [4.78, 5) is 25.1. The maximum Gasteiger partial charge on any atom is 0.331 e. The highest BCUT2D eigenvalue weighted by atomic mass is 16.5. The third-order valence-electron chi connectivity index (χ3n) is 3.39. The van der Waals surface area contributed by atoms with Crippen LogP contribution in [-0.2, 0) is 14.3 Å². The summed E-state index contributed by atoms with van der Waals surface area (Å²) in [6.07, 6.45) is 0.329. The van der Waals surface area contributed by atoms with Crippen molar-refractivity contribution in [3.8, 4) is 0 Å². The van der Waals surface area contributed by atoms with Gasteiger partial charge < -0.3 is 20.5 Å². The van der Waals surface area contributed by atoms with Crippen molar-refractivity contribution in [2.75, 3.05) is 45.9 Å². The molecule has 7 nitrogen and oxygen atoms in total. The van der Waals surface area contributed by atoms with Crippen molar-refractivity contribution >= 4 is 11.9 Å². The van der Waals surface area contributed by atoms with E-state index in [0.717, 1.165) is 26.2 Å². The lowest BCUT2D eigenvalue weighted by Gasteiger charge is -2.29. The topological polar surface area (TPSA) is 90.9 Å². The number of ether oxygens (including phenoxy) is 1. The van der Waals surface area contributed by atoms with Crippen molar-refractivity contribution in [2.24, 2.45) is 0 Å². The Labute approximate surface area is 105 Å². The molecule has 1 amide bonds. The third-order valence-corrected chi connectivity index (χ3v) is 3.39. The van der Waals surface area contributed by atoms with Gasteiger partial charge in [0.2, 0.25) is 5.91 Å². The van der Waals surface area contributed by atoms with Gasteiger partial charge in [-0.05, 0) is 0 Å². The van der Waals surface area contributed by atoms with Gasteiger partial charge in [0.25, 0.3) is 0 Å². The number of carbonyl (C=O) groups excluding carboxylic acids is 1. The van der Waals surface area contributed by atoms with E-state index in [1.165, 1.54) is 0 Å². The lowest BCUT2D eigenvalue weighted by atomic mass is 9.99. The summed E-state index contributed by atoms with van der Waals surface area (Å²) in [7, 11) is 0. The molecule has 7 heteroatoms. The Kier molecular flexibility index (Phi) is 4.15.